The second kappa shape index (κ2) is 6.12. The number of nitrogens with zero attached hydrogens (tertiary/aromatic N) is 2. The summed E-state index contributed by atoms with van der Waals surface area (Å²) in [5.41, 5.74) is 4.10. The number of aryl methyl sites for hydroxylation is 1. The van der Waals surface area contributed by atoms with E-state index in [2.05, 4.69) is 37.7 Å². The third kappa shape index (κ3) is 3.18. The lowest BCUT2D eigenvalue weighted by molar-refractivity contribution is 0.283. The molecule has 2 aliphatic rings. The third-order valence-electron chi connectivity index (χ3n) is 5.75. The van der Waals surface area contributed by atoms with Crippen molar-refractivity contribution in [3.8, 4) is 0 Å². The van der Waals surface area contributed by atoms with E-state index in [0.29, 0.717) is 6.04 Å². The molecule has 1 N–H and O–H groups in total. The fourth-order valence-corrected chi connectivity index (χ4v) is 4.58. The van der Waals surface area contributed by atoms with E-state index < -0.39 is 0 Å². The number of fused-ring (bicyclic) bond motifs is 2. The highest BCUT2D eigenvalue weighted by atomic mass is 15.3. The Morgan fingerprint density at radius 2 is 2.05 bits per heavy atom. The van der Waals surface area contributed by atoms with Crippen LogP contribution in [0.15, 0.2) is 0 Å². The summed E-state index contributed by atoms with van der Waals surface area (Å²) >= 11 is 0. The molecular weight excluding hydrogens is 258 g/mol. The first-order valence-electron chi connectivity index (χ1n) is 8.80. The molecule has 21 heavy (non-hydrogen) atoms. The van der Waals surface area contributed by atoms with Crippen LogP contribution < -0.4 is 5.32 Å². The van der Waals surface area contributed by atoms with Gasteiger partial charge in [0.15, 0.2) is 0 Å². The SMILES string of the molecule is Cc1nn(CC2CC3CCC2C3)c(C)c1CCNC(C)C. The summed E-state index contributed by atoms with van der Waals surface area (Å²) in [6.07, 6.45) is 7.01. The molecular formula is C18H31N3. The zero-order chi connectivity index (χ0) is 15.0. The van der Waals surface area contributed by atoms with E-state index >= 15 is 0 Å². The maximum Gasteiger partial charge on any atom is 0.0628 e. The summed E-state index contributed by atoms with van der Waals surface area (Å²) in [6.45, 7) is 11.1. The first-order chi connectivity index (χ1) is 10.0. The zero-order valence-corrected chi connectivity index (χ0v) is 14.2. The molecule has 2 saturated carbocycles. The monoisotopic (exact) mass is 289 g/mol. The molecule has 0 amide bonds. The minimum atomic E-state index is 0.565. The molecule has 3 heteroatoms. The summed E-state index contributed by atoms with van der Waals surface area (Å²) in [5, 5.41) is 8.36. The van der Waals surface area contributed by atoms with Crippen LogP contribution in [0.4, 0.5) is 0 Å². The van der Waals surface area contributed by atoms with E-state index in [1.54, 1.807) is 0 Å². The summed E-state index contributed by atoms with van der Waals surface area (Å²) in [6, 6.07) is 0.565. The average molecular weight is 289 g/mol. The van der Waals surface area contributed by atoms with Crippen LogP contribution in [0.1, 0.15) is 56.5 Å². The van der Waals surface area contributed by atoms with Crippen molar-refractivity contribution >= 4 is 0 Å². The summed E-state index contributed by atoms with van der Waals surface area (Å²) in [4.78, 5) is 0. The quantitative estimate of drug-likeness (QED) is 0.869. The third-order valence-corrected chi connectivity index (χ3v) is 5.75. The standard InChI is InChI=1S/C18H31N3/c1-12(2)19-8-7-18-13(3)20-21(14(18)4)11-17-10-15-5-6-16(17)9-15/h12,15-17,19H,5-11H2,1-4H3. The van der Waals surface area contributed by atoms with Crippen molar-refractivity contribution in [2.75, 3.05) is 6.54 Å². The van der Waals surface area contributed by atoms with Gasteiger partial charge in [0.05, 0.1) is 5.69 Å². The van der Waals surface area contributed by atoms with Gasteiger partial charge in [0.1, 0.15) is 0 Å². The van der Waals surface area contributed by atoms with E-state index in [0.717, 1.165) is 37.3 Å². The average Bonchev–Trinajstić information content (AvgIpc) is 3.09. The molecule has 3 rings (SSSR count). The van der Waals surface area contributed by atoms with Crippen molar-refractivity contribution in [3.05, 3.63) is 17.0 Å². The number of nitrogens with one attached hydrogen (secondary N) is 1. The Balaban J connectivity index is 1.63. The van der Waals surface area contributed by atoms with Gasteiger partial charge in [-0.25, -0.2) is 0 Å². The predicted molar refractivity (Wildman–Crippen MR) is 87.5 cm³/mol. The molecule has 3 unspecified atom stereocenters. The van der Waals surface area contributed by atoms with Crippen molar-refractivity contribution in [1.82, 2.24) is 15.1 Å². The highest BCUT2D eigenvalue weighted by Gasteiger charge is 2.39. The molecule has 2 bridgehead atoms. The number of aromatic nitrogens is 2. The maximum absolute atomic E-state index is 4.84. The van der Waals surface area contributed by atoms with E-state index in [4.69, 9.17) is 5.10 Å². The van der Waals surface area contributed by atoms with Gasteiger partial charge in [-0.15, -0.1) is 0 Å². The summed E-state index contributed by atoms with van der Waals surface area (Å²) in [5.74, 6) is 2.92. The van der Waals surface area contributed by atoms with Crippen LogP contribution in [0.3, 0.4) is 0 Å². The lowest BCUT2D eigenvalue weighted by atomic mass is 9.89. The van der Waals surface area contributed by atoms with Crippen molar-refractivity contribution in [2.24, 2.45) is 17.8 Å². The Kier molecular flexibility index (Phi) is 4.39. The predicted octanol–water partition coefficient (Wildman–Crippen LogP) is 3.48. The molecule has 0 aliphatic heterocycles. The van der Waals surface area contributed by atoms with Gasteiger partial charge in [-0.05, 0) is 69.4 Å². The van der Waals surface area contributed by atoms with Crippen molar-refractivity contribution < 1.29 is 0 Å². The van der Waals surface area contributed by atoms with Gasteiger partial charge in [0, 0.05) is 18.3 Å². The van der Waals surface area contributed by atoms with Crippen LogP contribution in [0, 0.1) is 31.6 Å². The highest BCUT2D eigenvalue weighted by Crippen LogP contribution is 2.48. The highest BCUT2D eigenvalue weighted by molar-refractivity contribution is 5.25. The van der Waals surface area contributed by atoms with Crippen molar-refractivity contribution in [1.29, 1.82) is 0 Å². The van der Waals surface area contributed by atoms with Gasteiger partial charge in [0.25, 0.3) is 0 Å². The molecule has 0 radical (unpaired) electrons. The molecule has 3 nitrogen and oxygen atoms in total. The second-order valence-corrected chi connectivity index (χ2v) is 7.63. The van der Waals surface area contributed by atoms with Crippen LogP contribution in [0.25, 0.3) is 0 Å². The lowest BCUT2D eigenvalue weighted by Gasteiger charge is -2.22. The van der Waals surface area contributed by atoms with Crippen LogP contribution in [-0.2, 0) is 13.0 Å². The fourth-order valence-electron chi connectivity index (χ4n) is 4.58. The Morgan fingerprint density at radius 1 is 1.24 bits per heavy atom. The number of hydrogen-bond acceptors (Lipinski definition) is 2. The first-order valence-corrected chi connectivity index (χ1v) is 8.80. The molecule has 1 heterocycles. The molecule has 0 saturated heterocycles. The largest absolute Gasteiger partial charge is 0.314 e. The van der Waals surface area contributed by atoms with Crippen LogP contribution in [-0.4, -0.2) is 22.4 Å². The maximum atomic E-state index is 4.84. The van der Waals surface area contributed by atoms with Gasteiger partial charge in [0.2, 0.25) is 0 Å². The molecule has 0 spiro atoms. The van der Waals surface area contributed by atoms with Gasteiger partial charge >= 0.3 is 0 Å². The number of hydrogen-bond donors (Lipinski definition) is 1. The first kappa shape index (κ1) is 15.1. The topological polar surface area (TPSA) is 29.9 Å². The van der Waals surface area contributed by atoms with Crippen molar-refractivity contribution in [2.45, 2.75) is 72.4 Å². The minimum Gasteiger partial charge on any atom is -0.314 e. The van der Waals surface area contributed by atoms with Crippen LogP contribution in [0.5, 0.6) is 0 Å². The Labute approximate surface area is 129 Å². The van der Waals surface area contributed by atoms with E-state index in [-0.39, 0.29) is 0 Å². The van der Waals surface area contributed by atoms with Crippen LogP contribution >= 0.6 is 0 Å². The molecule has 1 aromatic rings. The summed E-state index contributed by atoms with van der Waals surface area (Å²) in [7, 11) is 0. The smallest absolute Gasteiger partial charge is 0.0628 e. The van der Waals surface area contributed by atoms with Crippen molar-refractivity contribution in [3.63, 3.8) is 0 Å². The van der Waals surface area contributed by atoms with Gasteiger partial charge < -0.3 is 5.32 Å². The molecule has 0 aromatic carbocycles. The van der Waals surface area contributed by atoms with E-state index in [1.807, 2.05) is 0 Å². The zero-order valence-electron chi connectivity index (χ0n) is 14.2. The Morgan fingerprint density at radius 3 is 2.67 bits per heavy atom. The van der Waals surface area contributed by atoms with Crippen LogP contribution in [0.2, 0.25) is 0 Å². The summed E-state index contributed by atoms with van der Waals surface area (Å²) < 4.78 is 2.31. The number of rotatable bonds is 6. The van der Waals surface area contributed by atoms with E-state index in [1.165, 1.54) is 42.6 Å². The normalized spacial score (nSPS) is 28.0. The van der Waals surface area contributed by atoms with Gasteiger partial charge in [-0.3, -0.25) is 4.68 Å². The molecule has 1 aromatic heterocycles. The Hall–Kier alpha value is -0.830. The van der Waals surface area contributed by atoms with E-state index in [9.17, 15) is 0 Å². The van der Waals surface area contributed by atoms with Gasteiger partial charge in [-0.2, -0.15) is 5.10 Å². The lowest BCUT2D eigenvalue weighted by Crippen LogP contribution is -2.25. The molecule has 2 aliphatic carbocycles. The fraction of sp³-hybridized carbons (Fsp3) is 0.833. The van der Waals surface area contributed by atoms with Gasteiger partial charge in [-0.1, -0.05) is 20.3 Å². The second-order valence-electron chi connectivity index (χ2n) is 7.63. The molecule has 118 valence electrons. The minimum absolute atomic E-state index is 0.565. The molecule has 2 fully saturated rings. The molecule has 3 atom stereocenters. The Bertz CT molecular complexity index is 489.